The van der Waals surface area contributed by atoms with Crippen molar-refractivity contribution in [1.29, 1.82) is 0 Å². The minimum Gasteiger partial charge on any atom is -0.491 e. The zero-order chi connectivity index (χ0) is 23.0. The maximum Gasteiger partial charge on any atom is 0.254 e. The Bertz CT molecular complexity index is 1050. The van der Waals surface area contributed by atoms with Gasteiger partial charge < -0.3 is 19.3 Å². The summed E-state index contributed by atoms with van der Waals surface area (Å²) in [7, 11) is 1.59. The van der Waals surface area contributed by atoms with Gasteiger partial charge in [0.05, 0.1) is 12.6 Å². The lowest BCUT2D eigenvalue weighted by Gasteiger charge is -2.37. The van der Waals surface area contributed by atoms with Crippen LogP contribution in [0.5, 0.6) is 5.75 Å². The van der Waals surface area contributed by atoms with E-state index >= 15 is 0 Å². The van der Waals surface area contributed by atoms with Gasteiger partial charge in [0.25, 0.3) is 5.91 Å². The van der Waals surface area contributed by atoms with Crippen LogP contribution < -0.4 is 4.74 Å². The predicted octanol–water partition coefficient (Wildman–Crippen LogP) is 4.04. The smallest absolute Gasteiger partial charge is 0.254 e. The van der Waals surface area contributed by atoms with Crippen LogP contribution in [0.1, 0.15) is 26.8 Å². The molecule has 0 spiro atoms. The van der Waals surface area contributed by atoms with Crippen molar-refractivity contribution in [2.45, 2.75) is 12.5 Å². The highest BCUT2D eigenvalue weighted by molar-refractivity contribution is 7.10. The molecule has 3 aromatic rings. The maximum atomic E-state index is 13.5. The normalized spacial score (nSPS) is 15.1. The van der Waals surface area contributed by atoms with E-state index in [1.165, 1.54) is 4.88 Å². The number of para-hydroxylation sites is 1. The molecule has 0 saturated heterocycles. The molecule has 1 aromatic heterocycles. The first kappa shape index (κ1) is 23.0. The fourth-order valence-corrected chi connectivity index (χ4v) is 4.97. The highest BCUT2D eigenvalue weighted by Crippen LogP contribution is 2.34. The standard InChI is InChI=1S/C26H28N2O4S/c1-31-16-15-27(26(30)20-8-4-2-5-9-20)18-25(29)28-14-12-24-22(13-17-33-24)23(28)19-32-21-10-6-3-7-11-21/h2-11,13,17,23H,12,14-16,18-19H2,1H3. The van der Waals surface area contributed by atoms with Gasteiger partial charge in [-0.15, -0.1) is 11.3 Å². The lowest BCUT2D eigenvalue weighted by atomic mass is 10.0. The molecule has 2 amide bonds. The minimum absolute atomic E-state index is 0.00159. The Morgan fingerprint density at radius 2 is 1.79 bits per heavy atom. The molecule has 0 fully saturated rings. The van der Waals surface area contributed by atoms with Gasteiger partial charge in [0, 0.05) is 30.6 Å². The Kier molecular flexibility index (Phi) is 7.75. The van der Waals surface area contributed by atoms with Crippen LogP contribution in [0.2, 0.25) is 0 Å². The quantitative estimate of drug-likeness (QED) is 0.480. The third kappa shape index (κ3) is 5.61. The first-order valence-corrected chi connectivity index (χ1v) is 11.9. The van der Waals surface area contributed by atoms with Crippen molar-refractivity contribution >= 4 is 23.2 Å². The lowest BCUT2D eigenvalue weighted by Crippen LogP contribution is -2.48. The number of amides is 2. The number of nitrogens with zero attached hydrogens (tertiary/aromatic N) is 2. The third-order valence-electron chi connectivity index (χ3n) is 5.77. The van der Waals surface area contributed by atoms with E-state index in [1.54, 1.807) is 35.5 Å². The van der Waals surface area contributed by atoms with Gasteiger partial charge in [-0.3, -0.25) is 9.59 Å². The predicted molar refractivity (Wildman–Crippen MR) is 129 cm³/mol. The van der Waals surface area contributed by atoms with Crippen LogP contribution in [0.25, 0.3) is 0 Å². The molecular formula is C26H28N2O4S. The molecule has 0 bridgehead atoms. The van der Waals surface area contributed by atoms with Crippen molar-refractivity contribution in [1.82, 2.24) is 9.80 Å². The van der Waals surface area contributed by atoms with Crippen LogP contribution in [0.4, 0.5) is 0 Å². The summed E-state index contributed by atoms with van der Waals surface area (Å²) >= 11 is 1.72. The van der Waals surface area contributed by atoms with Gasteiger partial charge in [0.2, 0.25) is 5.91 Å². The van der Waals surface area contributed by atoms with Gasteiger partial charge in [0.15, 0.2) is 0 Å². The number of fused-ring (bicyclic) bond motifs is 1. The van der Waals surface area contributed by atoms with E-state index in [0.29, 0.717) is 31.9 Å². The van der Waals surface area contributed by atoms with E-state index in [9.17, 15) is 9.59 Å². The second kappa shape index (κ2) is 11.1. The van der Waals surface area contributed by atoms with Crippen molar-refractivity contribution in [2.75, 3.05) is 40.0 Å². The van der Waals surface area contributed by atoms with E-state index in [2.05, 4.69) is 11.4 Å². The van der Waals surface area contributed by atoms with Crippen molar-refractivity contribution < 1.29 is 19.1 Å². The molecule has 1 unspecified atom stereocenters. The lowest BCUT2D eigenvalue weighted by molar-refractivity contribution is -0.135. The molecule has 1 aliphatic heterocycles. The Morgan fingerprint density at radius 1 is 1.06 bits per heavy atom. The summed E-state index contributed by atoms with van der Waals surface area (Å²) in [5.74, 6) is 0.508. The molecule has 2 aromatic carbocycles. The van der Waals surface area contributed by atoms with Gasteiger partial charge in [-0.2, -0.15) is 0 Å². The summed E-state index contributed by atoms with van der Waals surface area (Å²) in [6, 6.07) is 20.6. The molecule has 1 atom stereocenters. The van der Waals surface area contributed by atoms with E-state index in [0.717, 1.165) is 17.7 Å². The van der Waals surface area contributed by atoms with Gasteiger partial charge in [-0.05, 0) is 47.7 Å². The molecule has 1 aliphatic rings. The second-order valence-electron chi connectivity index (χ2n) is 7.86. The molecular weight excluding hydrogens is 436 g/mol. The number of thiophene rings is 1. The Balaban J connectivity index is 1.51. The first-order valence-electron chi connectivity index (χ1n) is 11.0. The summed E-state index contributed by atoms with van der Waals surface area (Å²) in [6.45, 7) is 1.68. The number of carbonyl (C=O) groups excluding carboxylic acids is 2. The van der Waals surface area contributed by atoms with Crippen LogP contribution in [0.3, 0.4) is 0 Å². The molecule has 2 heterocycles. The average molecular weight is 465 g/mol. The van der Waals surface area contributed by atoms with Crippen molar-refractivity contribution in [3.05, 3.63) is 88.1 Å². The highest BCUT2D eigenvalue weighted by atomic mass is 32.1. The molecule has 172 valence electrons. The zero-order valence-corrected chi connectivity index (χ0v) is 19.5. The van der Waals surface area contributed by atoms with E-state index in [-0.39, 0.29) is 24.4 Å². The third-order valence-corrected chi connectivity index (χ3v) is 6.76. The Morgan fingerprint density at radius 3 is 2.52 bits per heavy atom. The zero-order valence-electron chi connectivity index (χ0n) is 18.7. The molecule has 33 heavy (non-hydrogen) atoms. The van der Waals surface area contributed by atoms with Crippen LogP contribution in [-0.2, 0) is 16.0 Å². The van der Waals surface area contributed by atoms with Crippen molar-refractivity contribution in [3.63, 3.8) is 0 Å². The number of ether oxygens (including phenoxy) is 2. The van der Waals surface area contributed by atoms with E-state index < -0.39 is 0 Å². The SMILES string of the molecule is COCCN(CC(=O)N1CCc2sccc2C1COc1ccccc1)C(=O)c1ccccc1. The summed E-state index contributed by atoms with van der Waals surface area (Å²) in [5.41, 5.74) is 1.69. The topological polar surface area (TPSA) is 59.1 Å². The van der Waals surface area contributed by atoms with E-state index in [1.807, 2.05) is 53.4 Å². The summed E-state index contributed by atoms with van der Waals surface area (Å²) in [4.78, 5) is 31.3. The number of methoxy groups -OCH3 is 1. The fraction of sp³-hybridized carbons (Fsp3) is 0.308. The summed E-state index contributed by atoms with van der Waals surface area (Å²) < 4.78 is 11.2. The number of hydrogen-bond donors (Lipinski definition) is 0. The van der Waals surface area contributed by atoms with Crippen LogP contribution in [-0.4, -0.2) is 61.6 Å². The first-order chi connectivity index (χ1) is 16.2. The van der Waals surface area contributed by atoms with E-state index in [4.69, 9.17) is 9.47 Å². The van der Waals surface area contributed by atoms with Crippen LogP contribution in [0, 0.1) is 0 Å². The molecule has 0 N–H and O–H groups in total. The minimum atomic E-state index is -0.191. The average Bonchev–Trinajstić information content (AvgIpc) is 3.35. The Labute approximate surface area is 198 Å². The monoisotopic (exact) mass is 464 g/mol. The molecule has 4 rings (SSSR count). The number of hydrogen-bond acceptors (Lipinski definition) is 5. The van der Waals surface area contributed by atoms with Gasteiger partial charge in [-0.25, -0.2) is 0 Å². The summed E-state index contributed by atoms with van der Waals surface area (Å²) in [6.07, 6.45) is 0.811. The number of carbonyl (C=O) groups is 2. The molecule has 6 nitrogen and oxygen atoms in total. The maximum absolute atomic E-state index is 13.5. The highest BCUT2D eigenvalue weighted by Gasteiger charge is 2.33. The fourth-order valence-electron chi connectivity index (χ4n) is 4.04. The molecule has 0 radical (unpaired) electrons. The summed E-state index contributed by atoms with van der Waals surface area (Å²) in [5, 5.41) is 2.07. The van der Waals surface area contributed by atoms with Crippen LogP contribution in [0.15, 0.2) is 72.1 Å². The van der Waals surface area contributed by atoms with Crippen molar-refractivity contribution in [2.24, 2.45) is 0 Å². The molecule has 0 saturated carbocycles. The van der Waals surface area contributed by atoms with Crippen molar-refractivity contribution in [3.8, 4) is 5.75 Å². The van der Waals surface area contributed by atoms with Gasteiger partial charge in [0.1, 0.15) is 18.9 Å². The second-order valence-corrected chi connectivity index (χ2v) is 8.86. The molecule has 7 heteroatoms. The van der Waals surface area contributed by atoms with Crippen LogP contribution >= 0.6 is 11.3 Å². The van der Waals surface area contributed by atoms with Gasteiger partial charge in [-0.1, -0.05) is 36.4 Å². The van der Waals surface area contributed by atoms with Gasteiger partial charge >= 0.3 is 0 Å². The molecule has 0 aliphatic carbocycles. The number of benzene rings is 2. The number of rotatable bonds is 9. The largest absolute Gasteiger partial charge is 0.491 e. The Hall–Kier alpha value is -3.16.